The summed E-state index contributed by atoms with van der Waals surface area (Å²) in [5.74, 6) is -0.620. The number of esters is 1. The third kappa shape index (κ3) is 6.80. The molecule has 4 heterocycles. The van der Waals surface area contributed by atoms with Gasteiger partial charge in [0.15, 0.2) is 11.8 Å². The standard InChI is InChI=1S/C45H49N5O7Si/c1-29-43(58(4,5)35-19-17-34(55-3)18-20-35)40(22-23-48-27-38(46-47-48)36(28-51)32-14-10-7-11-15-32)57-45(29)37-24-33(50-41(53)25-42(50)56-30(2)52)16-21-39(37)49(44(45)54)26-31-12-8-6-9-13-31/h6-21,24,27,29,36,40,42-43,51H,22-23,25-26,28H2,1-5H3/t29-,36?,40+,42?,43-,45+/m0/s1. The number of aliphatic hydroxyl groups is 1. The van der Waals surface area contributed by atoms with Gasteiger partial charge in [-0.2, -0.15) is 0 Å². The van der Waals surface area contributed by atoms with Gasteiger partial charge in [-0.15, -0.1) is 5.10 Å². The maximum absolute atomic E-state index is 15.4. The molecule has 2 amide bonds. The monoisotopic (exact) mass is 799 g/mol. The number of amides is 2. The second-order valence-electron chi connectivity index (χ2n) is 16.1. The molecule has 0 saturated carbocycles. The zero-order chi connectivity index (χ0) is 40.8. The van der Waals surface area contributed by atoms with E-state index < -0.39 is 25.9 Å². The molecule has 13 heteroatoms. The fraction of sp³-hybridized carbons (Fsp3) is 0.356. The van der Waals surface area contributed by atoms with Crippen molar-refractivity contribution in [3.8, 4) is 5.75 Å². The van der Waals surface area contributed by atoms with Crippen LogP contribution in [0.5, 0.6) is 5.75 Å². The maximum Gasteiger partial charge on any atom is 0.304 e. The summed E-state index contributed by atoms with van der Waals surface area (Å²) in [4.78, 5) is 43.7. The Morgan fingerprint density at radius 3 is 2.36 bits per heavy atom. The van der Waals surface area contributed by atoms with Gasteiger partial charge in [0, 0.05) is 36.8 Å². The molecule has 5 aromatic rings. The van der Waals surface area contributed by atoms with E-state index in [9.17, 15) is 14.7 Å². The molecule has 2 fully saturated rings. The van der Waals surface area contributed by atoms with Crippen molar-refractivity contribution in [1.82, 2.24) is 15.0 Å². The Bertz CT molecular complexity index is 2300. The van der Waals surface area contributed by atoms with Gasteiger partial charge in [-0.1, -0.05) is 103 Å². The Hall–Kier alpha value is -5.63. The van der Waals surface area contributed by atoms with Crippen LogP contribution in [-0.2, 0) is 42.5 Å². The summed E-state index contributed by atoms with van der Waals surface area (Å²) in [5, 5.41) is 20.5. The van der Waals surface area contributed by atoms with E-state index in [2.05, 4.69) is 42.5 Å². The fourth-order valence-corrected chi connectivity index (χ4v) is 13.6. The number of β-lactam (4-membered cyclic amide) rings is 1. The average molecular weight is 800 g/mol. The number of anilines is 2. The summed E-state index contributed by atoms with van der Waals surface area (Å²) in [7, 11) is -0.817. The molecule has 2 unspecified atom stereocenters. The fourth-order valence-electron chi connectivity index (χ4n) is 9.52. The molecule has 4 aromatic carbocycles. The molecular formula is C45H49N5O7Si. The van der Waals surface area contributed by atoms with E-state index in [1.807, 2.05) is 102 Å². The number of methoxy groups -OCH3 is 1. The van der Waals surface area contributed by atoms with Crippen molar-refractivity contribution in [2.75, 3.05) is 23.5 Å². The summed E-state index contributed by atoms with van der Waals surface area (Å²) in [5.41, 5.74) is 3.15. The number of aryl methyl sites for hydroxylation is 1. The van der Waals surface area contributed by atoms with E-state index in [0.717, 1.165) is 22.6 Å². The van der Waals surface area contributed by atoms with E-state index >= 15 is 4.79 Å². The number of carbonyl (C=O) groups excluding carboxylic acids is 3. The number of nitrogens with zero attached hydrogens (tertiary/aromatic N) is 5. The molecule has 3 aliphatic heterocycles. The number of aromatic nitrogens is 3. The molecule has 12 nitrogen and oxygen atoms in total. The minimum absolute atomic E-state index is 0.0463. The average Bonchev–Trinajstić information content (AvgIpc) is 3.88. The first-order chi connectivity index (χ1) is 28.0. The van der Waals surface area contributed by atoms with Gasteiger partial charge in [-0.05, 0) is 53.4 Å². The van der Waals surface area contributed by atoms with Gasteiger partial charge in [-0.3, -0.25) is 24.0 Å². The lowest BCUT2D eigenvalue weighted by molar-refractivity contribution is -0.153. The normalized spacial score (nSPS) is 23.2. The van der Waals surface area contributed by atoms with E-state index in [-0.39, 0.29) is 48.3 Å². The summed E-state index contributed by atoms with van der Waals surface area (Å²) in [6, 6.07) is 33.5. The molecule has 58 heavy (non-hydrogen) atoms. The molecule has 1 N–H and O–H groups in total. The molecule has 0 aliphatic carbocycles. The van der Waals surface area contributed by atoms with Crippen LogP contribution < -0.4 is 19.7 Å². The second kappa shape index (κ2) is 15.6. The summed E-state index contributed by atoms with van der Waals surface area (Å²) in [6.07, 6.45) is 1.43. The zero-order valence-electron chi connectivity index (χ0n) is 33.4. The van der Waals surface area contributed by atoms with Gasteiger partial charge in [0.2, 0.25) is 5.91 Å². The lowest BCUT2D eigenvalue weighted by Gasteiger charge is -2.39. The summed E-state index contributed by atoms with van der Waals surface area (Å²) in [6.45, 7) is 8.85. The van der Waals surface area contributed by atoms with Gasteiger partial charge in [0.25, 0.3) is 5.91 Å². The Morgan fingerprint density at radius 1 is 1.00 bits per heavy atom. The molecule has 6 atom stereocenters. The first kappa shape index (κ1) is 39.2. The Labute approximate surface area is 339 Å². The van der Waals surface area contributed by atoms with Crippen LogP contribution >= 0.6 is 0 Å². The van der Waals surface area contributed by atoms with Crippen LogP contribution in [0, 0.1) is 5.92 Å². The maximum atomic E-state index is 15.4. The number of aliphatic hydroxyl groups excluding tert-OH is 1. The predicted molar refractivity (Wildman–Crippen MR) is 221 cm³/mol. The van der Waals surface area contributed by atoms with Gasteiger partial charge in [-0.25, -0.2) is 0 Å². The van der Waals surface area contributed by atoms with Crippen molar-refractivity contribution in [3.63, 3.8) is 0 Å². The summed E-state index contributed by atoms with van der Waals surface area (Å²) >= 11 is 0. The SMILES string of the molecule is COc1ccc([Si](C)(C)[C@@H]2[C@@H](CCn3cc(C(CO)c4ccccc4)nn3)O[C@]3(C(=O)N(Cc4ccccc4)c4ccc(N5C(=O)CC5OC(C)=O)cc43)[C@H]2C)cc1. The first-order valence-corrected chi connectivity index (χ1v) is 22.9. The molecule has 8 rings (SSSR count). The van der Waals surface area contributed by atoms with Gasteiger partial charge in [0.05, 0.1) is 58.2 Å². The van der Waals surface area contributed by atoms with Crippen LogP contribution in [0.3, 0.4) is 0 Å². The van der Waals surface area contributed by atoms with Gasteiger partial charge >= 0.3 is 5.97 Å². The minimum Gasteiger partial charge on any atom is -0.497 e. The molecule has 300 valence electrons. The smallest absolute Gasteiger partial charge is 0.304 e. The number of benzene rings is 4. The Morgan fingerprint density at radius 2 is 1.71 bits per heavy atom. The number of rotatable bonds is 13. The lowest BCUT2D eigenvalue weighted by Crippen LogP contribution is -2.55. The molecule has 1 aromatic heterocycles. The third-order valence-electron chi connectivity index (χ3n) is 12.4. The molecule has 1 spiro atoms. The molecule has 2 saturated heterocycles. The highest BCUT2D eigenvalue weighted by molar-refractivity contribution is 6.91. The molecule has 3 aliphatic rings. The van der Waals surface area contributed by atoms with E-state index in [4.69, 9.17) is 14.2 Å². The molecular weight excluding hydrogens is 751 g/mol. The predicted octanol–water partition coefficient (Wildman–Crippen LogP) is 5.89. The molecule has 0 bridgehead atoms. The van der Waals surface area contributed by atoms with E-state index in [0.29, 0.717) is 36.5 Å². The van der Waals surface area contributed by atoms with Crippen LogP contribution in [0.15, 0.2) is 109 Å². The highest BCUT2D eigenvalue weighted by Gasteiger charge is 2.66. The van der Waals surface area contributed by atoms with Crippen LogP contribution in [0.4, 0.5) is 11.4 Å². The van der Waals surface area contributed by atoms with Crippen molar-refractivity contribution >= 4 is 42.4 Å². The van der Waals surface area contributed by atoms with Crippen molar-refractivity contribution < 1.29 is 33.7 Å². The number of hydrogen-bond acceptors (Lipinski definition) is 9. The van der Waals surface area contributed by atoms with E-state index in [1.54, 1.807) is 11.8 Å². The van der Waals surface area contributed by atoms with Gasteiger partial charge < -0.3 is 24.2 Å². The highest BCUT2D eigenvalue weighted by atomic mass is 28.3. The first-order valence-electron chi connectivity index (χ1n) is 19.8. The summed E-state index contributed by atoms with van der Waals surface area (Å²) < 4.78 is 20.2. The Balaban J connectivity index is 1.20. The number of fused-ring (bicyclic) bond motifs is 2. The second-order valence-corrected chi connectivity index (χ2v) is 20.8. The number of ether oxygens (including phenoxy) is 3. The van der Waals surface area contributed by atoms with Crippen molar-refractivity contribution in [2.45, 2.75) is 82.3 Å². The molecule has 0 radical (unpaired) electrons. The third-order valence-corrected chi connectivity index (χ3v) is 16.8. The van der Waals surface area contributed by atoms with Crippen molar-refractivity contribution in [3.05, 3.63) is 132 Å². The van der Waals surface area contributed by atoms with Crippen molar-refractivity contribution in [1.29, 1.82) is 0 Å². The van der Waals surface area contributed by atoms with Crippen LogP contribution in [0.25, 0.3) is 0 Å². The van der Waals surface area contributed by atoms with Crippen molar-refractivity contribution in [2.24, 2.45) is 5.92 Å². The lowest BCUT2D eigenvalue weighted by atomic mass is 9.82. The van der Waals surface area contributed by atoms with E-state index in [1.165, 1.54) is 17.0 Å². The van der Waals surface area contributed by atoms with Crippen LogP contribution in [0.2, 0.25) is 18.6 Å². The van der Waals surface area contributed by atoms with Crippen LogP contribution in [0.1, 0.15) is 55.0 Å². The zero-order valence-corrected chi connectivity index (χ0v) is 34.4. The minimum atomic E-state index is -2.47. The Kier molecular flexibility index (Phi) is 10.6. The quantitative estimate of drug-likeness (QED) is 0.0879. The van der Waals surface area contributed by atoms with Crippen LogP contribution in [-0.4, -0.2) is 72.0 Å². The van der Waals surface area contributed by atoms with Gasteiger partial charge in [0.1, 0.15) is 5.75 Å². The topological polar surface area (TPSA) is 136 Å². The highest BCUT2D eigenvalue weighted by Crippen LogP contribution is 2.60. The number of hydrogen-bond donors (Lipinski definition) is 1. The largest absolute Gasteiger partial charge is 0.497 e. The number of carbonyl (C=O) groups is 3.